The van der Waals surface area contributed by atoms with Gasteiger partial charge in [-0.25, -0.2) is 0 Å². The van der Waals surface area contributed by atoms with E-state index in [9.17, 15) is 18.0 Å². The molecule has 1 amide bonds. The number of nitrogens with zero attached hydrogens (tertiary/aromatic N) is 2. The van der Waals surface area contributed by atoms with Crippen molar-refractivity contribution in [3.8, 4) is 5.75 Å². The number of benzene rings is 2. The van der Waals surface area contributed by atoms with Gasteiger partial charge in [-0.2, -0.15) is 18.3 Å². The SMILES string of the molecule is CC=NN(C)c1ccc(C(F)(F)F)cc1NC(=O)C(C)Oc1cccc(Cl)c1. The molecule has 0 heterocycles. The molecule has 0 saturated carbocycles. The molecule has 0 aliphatic heterocycles. The van der Waals surface area contributed by atoms with E-state index in [2.05, 4.69) is 10.4 Å². The predicted molar refractivity (Wildman–Crippen MR) is 104 cm³/mol. The molecule has 0 spiro atoms. The highest BCUT2D eigenvalue weighted by molar-refractivity contribution is 6.30. The van der Waals surface area contributed by atoms with Gasteiger partial charge in [0, 0.05) is 18.3 Å². The van der Waals surface area contributed by atoms with Gasteiger partial charge < -0.3 is 10.1 Å². The van der Waals surface area contributed by atoms with Crippen LogP contribution >= 0.6 is 11.6 Å². The van der Waals surface area contributed by atoms with Crippen molar-refractivity contribution in [3.63, 3.8) is 0 Å². The van der Waals surface area contributed by atoms with Gasteiger partial charge in [-0.05, 0) is 50.2 Å². The molecular weight excluding hydrogens is 395 g/mol. The summed E-state index contributed by atoms with van der Waals surface area (Å²) in [6.07, 6.45) is -4.04. The number of carbonyl (C=O) groups is 1. The van der Waals surface area contributed by atoms with Crippen LogP contribution in [0.2, 0.25) is 5.02 Å². The van der Waals surface area contributed by atoms with E-state index in [0.717, 1.165) is 12.1 Å². The Kier molecular flexibility index (Phi) is 6.90. The van der Waals surface area contributed by atoms with Gasteiger partial charge in [0.2, 0.25) is 0 Å². The van der Waals surface area contributed by atoms with Crippen molar-refractivity contribution in [2.75, 3.05) is 17.4 Å². The van der Waals surface area contributed by atoms with Gasteiger partial charge in [0.15, 0.2) is 6.10 Å². The summed E-state index contributed by atoms with van der Waals surface area (Å²) < 4.78 is 44.7. The summed E-state index contributed by atoms with van der Waals surface area (Å²) in [7, 11) is 1.56. The number of nitrogens with one attached hydrogen (secondary N) is 1. The number of rotatable bonds is 6. The van der Waals surface area contributed by atoms with Crippen molar-refractivity contribution < 1.29 is 22.7 Å². The molecule has 5 nitrogen and oxygen atoms in total. The molecule has 0 aliphatic carbocycles. The first kappa shape index (κ1) is 21.6. The number of alkyl halides is 3. The zero-order valence-electron chi connectivity index (χ0n) is 15.4. The first-order chi connectivity index (χ1) is 13.1. The summed E-state index contributed by atoms with van der Waals surface area (Å²) in [6.45, 7) is 3.15. The molecule has 2 aromatic carbocycles. The minimum Gasteiger partial charge on any atom is -0.481 e. The number of anilines is 2. The lowest BCUT2D eigenvalue weighted by atomic mass is 10.1. The quantitative estimate of drug-likeness (QED) is 0.522. The van der Waals surface area contributed by atoms with Crippen LogP contribution in [0.25, 0.3) is 0 Å². The molecule has 0 aliphatic rings. The number of hydrogen-bond acceptors (Lipinski definition) is 4. The lowest BCUT2D eigenvalue weighted by molar-refractivity contribution is -0.137. The van der Waals surface area contributed by atoms with Crippen molar-refractivity contribution in [3.05, 3.63) is 53.1 Å². The average molecular weight is 414 g/mol. The third kappa shape index (κ3) is 5.63. The topological polar surface area (TPSA) is 53.9 Å². The summed E-state index contributed by atoms with van der Waals surface area (Å²) in [5.74, 6) is -0.249. The molecule has 2 aromatic rings. The van der Waals surface area contributed by atoms with E-state index in [0.29, 0.717) is 16.5 Å². The summed E-state index contributed by atoms with van der Waals surface area (Å²) in [5.41, 5.74) is -0.618. The van der Waals surface area contributed by atoms with Crippen molar-refractivity contribution in [2.24, 2.45) is 5.10 Å². The van der Waals surface area contributed by atoms with Crippen LogP contribution in [0.4, 0.5) is 24.5 Å². The van der Waals surface area contributed by atoms with Crippen LogP contribution < -0.4 is 15.1 Å². The smallest absolute Gasteiger partial charge is 0.416 e. The maximum absolute atomic E-state index is 13.1. The van der Waals surface area contributed by atoms with Gasteiger partial charge in [0.05, 0.1) is 16.9 Å². The molecule has 2 rings (SSSR count). The Morgan fingerprint density at radius 3 is 2.61 bits per heavy atom. The van der Waals surface area contributed by atoms with Gasteiger partial charge in [-0.1, -0.05) is 17.7 Å². The van der Waals surface area contributed by atoms with Crippen molar-refractivity contribution in [1.29, 1.82) is 0 Å². The van der Waals surface area contributed by atoms with Gasteiger partial charge in [0.1, 0.15) is 5.75 Å². The van der Waals surface area contributed by atoms with Gasteiger partial charge in [-0.3, -0.25) is 9.80 Å². The Hall–Kier alpha value is -2.74. The van der Waals surface area contributed by atoms with Crippen LogP contribution in [0.1, 0.15) is 19.4 Å². The van der Waals surface area contributed by atoms with E-state index in [1.165, 1.54) is 30.3 Å². The van der Waals surface area contributed by atoms with E-state index < -0.39 is 23.8 Å². The largest absolute Gasteiger partial charge is 0.481 e. The zero-order valence-corrected chi connectivity index (χ0v) is 16.2. The van der Waals surface area contributed by atoms with E-state index in [1.807, 2.05) is 0 Å². The second kappa shape index (κ2) is 8.97. The number of amides is 1. The molecule has 1 unspecified atom stereocenters. The van der Waals surface area contributed by atoms with Crippen LogP contribution in [-0.4, -0.2) is 25.3 Å². The predicted octanol–water partition coefficient (Wildman–Crippen LogP) is 5.21. The fraction of sp³-hybridized carbons (Fsp3) is 0.263. The number of hydrogen-bond donors (Lipinski definition) is 1. The molecule has 0 radical (unpaired) electrons. The highest BCUT2D eigenvalue weighted by Crippen LogP contribution is 2.35. The molecule has 1 atom stereocenters. The Labute approximate surface area is 165 Å². The van der Waals surface area contributed by atoms with E-state index in [4.69, 9.17) is 16.3 Å². The lowest BCUT2D eigenvalue weighted by Crippen LogP contribution is -2.31. The fourth-order valence-electron chi connectivity index (χ4n) is 2.36. The maximum atomic E-state index is 13.1. The molecule has 9 heteroatoms. The zero-order chi connectivity index (χ0) is 20.9. The van der Waals surface area contributed by atoms with E-state index in [1.54, 1.807) is 32.2 Å². The van der Waals surface area contributed by atoms with E-state index in [-0.39, 0.29) is 5.69 Å². The van der Waals surface area contributed by atoms with Crippen LogP contribution in [0.5, 0.6) is 5.75 Å². The minimum atomic E-state index is -4.55. The van der Waals surface area contributed by atoms with Crippen LogP contribution in [-0.2, 0) is 11.0 Å². The molecular formula is C19H19ClF3N3O2. The van der Waals surface area contributed by atoms with Crippen LogP contribution in [0.15, 0.2) is 47.6 Å². The molecule has 0 fully saturated rings. The molecule has 0 aromatic heterocycles. The summed E-state index contributed by atoms with van der Waals surface area (Å²) in [5, 5.41) is 8.29. The molecule has 150 valence electrons. The number of carbonyl (C=O) groups excluding carboxylic acids is 1. The molecule has 1 N–H and O–H groups in total. The first-order valence-electron chi connectivity index (χ1n) is 8.28. The third-order valence-electron chi connectivity index (χ3n) is 3.70. The van der Waals surface area contributed by atoms with E-state index >= 15 is 0 Å². The number of halogens is 4. The first-order valence-corrected chi connectivity index (χ1v) is 8.66. The highest BCUT2D eigenvalue weighted by atomic mass is 35.5. The van der Waals surface area contributed by atoms with Crippen molar-refractivity contribution in [1.82, 2.24) is 0 Å². The Balaban J connectivity index is 2.27. The monoisotopic (exact) mass is 413 g/mol. The van der Waals surface area contributed by atoms with Crippen molar-refractivity contribution in [2.45, 2.75) is 26.1 Å². The summed E-state index contributed by atoms with van der Waals surface area (Å²) in [4.78, 5) is 12.5. The average Bonchev–Trinajstić information content (AvgIpc) is 2.61. The van der Waals surface area contributed by atoms with Gasteiger partial charge >= 0.3 is 6.18 Å². The second-order valence-electron chi connectivity index (χ2n) is 5.83. The highest BCUT2D eigenvalue weighted by Gasteiger charge is 2.31. The Bertz CT molecular complexity index is 872. The lowest BCUT2D eigenvalue weighted by Gasteiger charge is -2.21. The third-order valence-corrected chi connectivity index (χ3v) is 3.93. The second-order valence-corrected chi connectivity index (χ2v) is 6.27. The Morgan fingerprint density at radius 2 is 2.00 bits per heavy atom. The van der Waals surface area contributed by atoms with Crippen molar-refractivity contribution >= 4 is 35.1 Å². The Morgan fingerprint density at radius 1 is 1.29 bits per heavy atom. The molecule has 0 bridgehead atoms. The molecule has 28 heavy (non-hydrogen) atoms. The number of ether oxygens (including phenoxy) is 1. The van der Waals surface area contributed by atoms with Crippen LogP contribution in [0, 0.1) is 0 Å². The summed E-state index contributed by atoms with van der Waals surface area (Å²) >= 11 is 5.88. The van der Waals surface area contributed by atoms with Gasteiger partial charge in [0.25, 0.3) is 5.91 Å². The fourth-order valence-corrected chi connectivity index (χ4v) is 2.54. The standard InChI is InChI=1S/C19H19ClF3N3O2/c1-4-24-26(3)17-9-8-13(19(21,22)23)10-16(17)25-18(27)12(2)28-15-7-5-6-14(20)11-15/h4-12H,1-3H3,(H,25,27). The molecule has 0 saturated heterocycles. The normalized spacial score (nSPS) is 12.7. The van der Waals surface area contributed by atoms with Gasteiger partial charge in [-0.15, -0.1) is 0 Å². The number of hydrazone groups is 1. The van der Waals surface area contributed by atoms with Crippen LogP contribution in [0.3, 0.4) is 0 Å². The minimum absolute atomic E-state index is 0.0329. The summed E-state index contributed by atoms with van der Waals surface area (Å²) in [6, 6.07) is 9.50. The maximum Gasteiger partial charge on any atom is 0.416 e.